The smallest absolute Gasteiger partial charge is 0.305 e. The summed E-state index contributed by atoms with van der Waals surface area (Å²) < 4.78 is 14.8. The standard InChI is InChI=1S/C25H26ClFN6O4/c1-14-22(26)32-24(29-12-18-8-7-15-5-3-9-28-23(15)30-18)25(37)33(14)13-20(34)31-19(11-21(35)36)16-4-2-6-17(27)10-16/h2,4,6-8,10,19H,3,5,9,11-13H2,1H3,(H,28,30)(H,29,32)(H,31,34)(H,35,36)/t19-/m0/s1. The predicted molar refractivity (Wildman–Crippen MR) is 136 cm³/mol. The van der Waals surface area contributed by atoms with E-state index in [2.05, 4.69) is 25.9 Å². The molecule has 3 aromatic rings. The van der Waals surface area contributed by atoms with Crippen molar-refractivity contribution in [2.24, 2.45) is 0 Å². The number of anilines is 2. The SMILES string of the molecule is Cc1c(Cl)nc(NCc2ccc3c(n2)NCCC3)c(=O)n1CC(=O)N[C@@H](CC(=O)O)c1cccc(F)c1. The lowest BCUT2D eigenvalue weighted by Gasteiger charge is -2.19. The van der Waals surface area contributed by atoms with Gasteiger partial charge in [0, 0.05) is 6.54 Å². The first-order chi connectivity index (χ1) is 17.7. The molecular formula is C25H26ClFN6O4. The predicted octanol–water partition coefficient (Wildman–Crippen LogP) is 3.04. The topological polar surface area (TPSA) is 138 Å². The fourth-order valence-electron chi connectivity index (χ4n) is 4.10. The maximum Gasteiger partial charge on any atom is 0.305 e. The van der Waals surface area contributed by atoms with Crippen LogP contribution in [0.25, 0.3) is 0 Å². The number of benzene rings is 1. The molecule has 10 nitrogen and oxygen atoms in total. The van der Waals surface area contributed by atoms with Crippen LogP contribution < -0.4 is 21.5 Å². The van der Waals surface area contributed by atoms with E-state index in [9.17, 15) is 23.9 Å². The van der Waals surface area contributed by atoms with Crippen molar-refractivity contribution in [3.05, 3.63) is 80.2 Å². The van der Waals surface area contributed by atoms with Crippen molar-refractivity contribution >= 4 is 35.1 Å². The number of carbonyl (C=O) groups is 2. The monoisotopic (exact) mass is 528 g/mol. The Morgan fingerprint density at radius 2 is 2.08 bits per heavy atom. The largest absolute Gasteiger partial charge is 0.481 e. The van der Waals surface area contributed by atoms with E-state index in [4.69, 9.17) is 11.6 Å². The van der Waals surface area contributed by atoms with E-state index in [1.807, 2.05) is 12.1 Å². The van der Waals surface area contributed by atoms with Crippen LogP contribution in [-0.4, -0.2) is 38.1 Å². The van der Waals surface area contributed by atoms with Gasteiger partial charge in [0.25, 0.3) is 5.56 Å². The molecule has 1 aliphatic rings. The van der Waals surface area contributed by atoms with Gasteiger partial charge >= 0.3 is 5.97 Å². The summed E-state index contributed by atoms with van der Waals surface area (Å²) >= 11 is 6.25. The van der Waals surface area contributed by atoms with Gasteiger partial charge in [-0.25, -0.2) is 14.4 Å². The highest BCUT2D eigenvalue weighted by molar-refractivity contribution is 6.30. The minimum absolute atomic E-state index is 0.0298. The Kier molecular flexibility index (Phi) is 8.02. The molecule has 0 spiro atoms. The van der Waals surface area contributed by atoms with Crippen LogP contribution in [0, 0.1) is 12.7 Å². The Hall–Kier alpha value is -3.99. The number of carboxylic acid groups (broad SMARTS) is 1. The number of hydrogen-bond acceptors (Lipinski definition) is 7. The summed E-state index contributed by atoms with van der Waals surface area (Å²) in [4.78, 5) is 46.0. The molecule has 1 atom stereocenters. The number of nitrogens with one attached hydrogen (secondary N) is 3. The average Bonchev–Trinajstić information content (AvgIpc) is 2.87. The molecule has 1 aliphatic heterocycles. The summed E-state index contributed by atoms with van der Waals surface area (Å²) in [7, 11) is 0. The zero-order valence-electron chi connectivity index (χ0n) is 20.1. The zero-order chi connectivity index (χ0) is 26.5. The molecule has 194 valence electrons. The number of halogens is 2. The van der Waals surface area contributed by atoms with Crippen LogP contribution in [0.15, 0.2) is 41.2 Å². The molecule has 0 saturated carbocycles. The number of amides is 1. The van der Waals surface area contributed by atoms with E-state index in [0.29, 0.717) is 11.3 Å². The molecule has 37 heavy (non-hydrogen) atoms. The molecule has 0 bridgehead atoms. The molecule has 4 rings (SSSR count). The van der Waals surface area contributed by atoms with Crippen LogP contribution >= 0.6 is 11.6 Å². The molecule has 1 aromatic carbocycles. The number of aromatic nitrogens is 3. The number of aliphatic carboxylic acids is 1. The molecule has 12 heteroatoms. The van der Waals surface area contributed by atoms with Crippen molar-refractivity contribution in [3.63, 3.8) is 0 Å². The van der Waals surface area contributed by atoms with Crippen LogP contribution in [0.4, 0.5) is 16.0 Å². The third-order valence-corrected chi connectivity index (χ3v) is 6.37. The highest BCUT2D eigenvalue weighted by Crippen LogP contribution is 2.21. The quantitative estimate of drug-likeness (QED) is 0.332. The van der Waals surface area contributed by atoms with Crippen molar-refractivity contribution in [1.29, 1.82) is 0 Å². The minimum atomic E-state index is -1.17. The van der Waals surface area contributed by atoms with Crippen LogP contribution in [0.3, 0.4) is 0 Å². The number of carboxylic acids is 1. The first-order valence-electron chi connectivity index (χ1n) is 11.7. The molecule has 3 heterocycles. The van der Waals surface area contributed by atoms with Crippen molar-refractivity contribution < 1.29 is 19.1 Å². The molecule has 1 amide bonds. The zero-order valence-corrected chi connectivity index (χ0v) is 20.8. The van der Waals surface area contributed by atoms with Gasteiger partial charge in [0.05, 0.1) is 30.4 Å². The first kappa shape index (κ1) is 26.1. The maximum absolute atomic E-state index is 13.7. The van der Waals surface area contributed by atoms with E-state index in [1.165, 1.54) is 18.2 Å². The van der Waals surface area contributed by atoms with E-state index >= 15 is 0 Å². The summed E-state index contributed by atoms with van der Waals surface area (Å²) in [6, 6.07) is 8.19. The molecule has 0 saturated heterocycles. The van der Waals surface area contributed by atoms with Gasteiger partial charge in [-0.3, -0.25) is 19.0 Å². The van der Waals surface area contributed by atoms with Crippen LogP contribution in [0.1, 0.15) is 41.4 Å². The summed E-state index contributed by atoms with van der Waals surface area (Å²) in [5.74, 6) is -1.61. The third-order valence-electron chi connectivity index (χ3n) is 6.02. The Morgan fingerprint density at radius 3 is 2.84 bits per heavy atom. The van der Waals surface area contributed by atoms with Crippen molar-refractivity contribution in [1.82, 2.24) is 19.9 Å². The van der Waals surface area contributed by atoms with Crippen molar-refractivity contribution in [2.45, 2.75) is 45.3 Å². The van der Waals surface area contributed by atoms with Crippen LogP contribution in [0.2, 0.25) is 5.15 Å². The summed E-state index contributed by atoms with van der Waals surface area (Å²) in [5.41, 5.74) is 1.82. The van der Waals surface area contributed by atoms with E-state index in [1.54, 1.807) is 6.92 Å². The second-order valence-corrected chi connectivity index (χ2v) is 9.05. The molecule has 0 radical (unpaired) electrons. The highest BCUT2D eigenvalue weighted by Gasteiger charge is 2.21. The van der Waals surface area contributed by atoms with E-state index < -0.39 is 42.3 Å². The van der Waals surface area contributed by atoms with E-state index in [0.717, 1.165) is 41.4 Å². The fraction of sp³-hybridized carbons (Fsp3) is 0.320. The lowest BCUT2D eigenvalue weighted by Crippen LogP contribution is -2.37. The van der Waals surface area contributed by atoms with Gasteiger partial charge < -0.3 is 21.1 Å². The second kappa shape index (κ2) is 11.4. The Bertz CT molecular complexity index is 1400. The van der Waals surface area contributed by atoms with Gasteiger partial charge in [-0.05, 0) is 49.1 Å². The third kappa shape index (κ3) is 6.42. The fourth-order valence-corrected chi connectivity index (χ4v) is 4.29. The molecule has 0 aliphatic carbocycles. The average molecular weight is 529 g/mol. The number of hydrogen-bond donors (Lipinski definition) is 4. The molecule has 4 N–H and O–H groups in total. The van der Waals surface area contributed by atoms with Gasteiger partial charge in [0.1, 0.15) is 18.2 Å². The van der Waals surface area contributed by atoms with Gasteiger partial charge in [-0.1, -0.05) is 29.8 Å². The number of nitrogens with zero attached hydrogens (tertiary/aromatic N) is 3. The number of carbonyl (C=O) groups excluding carboxylic acids is 1. The first-order valence-corrected chi connectivity index (χ1v) is 12.1. The summed E-state index contributed by atoms with van der Waals surface area (Å²) in [6.45, 7) is 2.17. The molecule has 0 unspecified atom stereocenters. The number of fused-ring (bicyclic) bond motifs is 1. The van der Waals surface area contributed by atoms with Crippen molar-refractivity contribution in [3.8, 4) is 0 Å². The Labute approximate surface area is 216 Å². The Morgan fingerprint density at radius 1 is 1.27 bits per heavy atom. The molecule has 2 aromatic heterocycles. The number of rotatable bonds is 9. The normalized spacial score (nSPS) is 13.3. The van der Waals surface area contributed by atoms with Crippen LogP contribution in [-0.2, 0) is 29.1 Å². The van der Waals surface area contributed by atoms with Gasteiger partial charge in [0.15, 0.2) is 11.0 Å². The molecular weight excluding hydrogens is 503 g/mol. The number of aryl methyl sites for hydroxylation is 1. The van der Waals surface area contributed by atoms with Crippen molar-refractivity contribution in [2.75, 3.05) is 17.2 Å². The van der Waals surface area contributed by atoms with Gasteiger partial charge in [-0.15, -0.1) is 0 Å². The lowest BCUT2D eigenvalue weighted by atomic mass is 10.0. The van der Waals surface area contributed by atoms with E-state index in [-0.39, 0.29) is 23.2 Å². The highest BCUT2D eigenvalue weighted by atomic mass is 35.5. The second-order valence-electron chi connectivity index (χ2n) is 8.70. The van der Waals surface area contributed by atoms with Gasteiger partial charge in [0.2, 0.25) is 5.91 Å². The minimum Gasteiger partial charge on any atom is -0.481 e. The molecule has 0 fully saturated rings. The summed E-state index contributed by atoms with van der Waals surface area (Å²) in [5, 5.41) is 18.1. The summed E-state index contributed by atoms with van der Waals surface area (Å²) in [6.07, 6.45) is 1.54. The van der Waals surface area contributed by atoms with Crippen LogP contribution in [0.5, 0.6) is 0 Å². The van der Waals surface area contributed by atoms with Gasteiger partial charge in [-0.2, -0.15) is 0 Å². The maximum atomic E-state index is 13.7. The Balaban J connectivity index is 1.51. The number of pyridine rings is 1. The lowest BCUT2D eigenvalue weighted by molar-refractivity contribution is -0.137.